The van der Waals surface area contributed by atoms with Crippen LogP contribution >= 0.6 is 0 Å². The Morgan fingerprint density at radius 3 is 2.62 bits per heavy atom. The topological polar surface area (TPSA) is 54.7 Å². The number of rotatable bonds is 1. The third kappa shape index (κ3) is 1.30. The first-order valence-corrected chi connectivity index (χ1v) is 5.36. The summed E-state index contributed by atoms with van der Waals surface area (Å²) in [6.45, 7) is 0. The van der Waals surface area contributed by atoms with E-state index in [-0.39, 0.29) is 5.82 Å². The molecule has 1 aliphatic rings. The van der Waals surface area contributed by atoms with Gasteiger partial charge >= 0.3 is 0 Å². The van der Waals surface area contributed by atoms with Gasteiger partial charge in [0, 0.05) is 11.1 Å². The van der Waals surface area contributed by atoms with Crippen LogP contribution in [0.25, 0.3) is 11.1 Å². The van der Waals surface area contributed by atoms with Crippen molar-refractivity contribution >= 4 is 5.82 Å². The van der Waals surface area contributed by atoms with Crippen molar-refractivity contribution in [2.75, 3.05) is 5.73 Å². The normalized spacial score (nSPS) is 14.1. The lowest BCUT2D eigenvalue weighted by Gasteiger charge is -2.05. The van der Waals surface area contributed by atoms with Crippen LogP contribution in [0.1, 0.15) is 17.5 Å². The maximum Gasteiger partial charge on any atom is 0.131 e. The molecule has 0 saturated carbocycles. The highest BCUT2D eigenvalue weighted by molar-refractivity contribution is 5.74. The van der Waals surface area contributed by atoms with Gasteiger partial charge in [0.05, 0.1) is 6.20 Å². The van der Waals surface area contributed by atoms with Crippen molar-refractivity contribution in [3.63, 3.8) is 0 Å². The zero-order valence-corrected chi connectivity index (χ0v) is 8.76. The second-order valence-electron chi connectivity index (χ2n) is 4.15. The lowest BCUT2D eigenvalue weighted by Crippen LogP contribution is -1.93. The van der Waals surface area contributed by atoms with Crippen molar-refractivity contribution in [1.82, 2.24) is 10.2 Å². The molecule has 1 aromatic carbocycles. The number of nitrogen functional groups attached to an aromatic ring is 1. The summed E-state index contributed by atoms with van der Waals surface area (Å²) in [5.41, 5.74) is 9.26. The average molecular weight is 217 g/mol. The third-order valence-corrected chi connectivity index (χ3v) is 3.14. The van der Waals surface area contributed by atoms with Gasteiger partial charge in [-0.05, 0) is 42.5 Å². The van der Waals surface area contributed by atoms with E-state index in [4.69, 9.17) is 5.73 Å². The van der Waals surface area contributed by atoms with Gasteiger partial charge in [0.25, 0.3) is 0 Å². The van der Waals surface area contributed by atoms with Gasteiger partial charge in [0.2, 0.25) is 0 Å². The van der Waals surface area contributed by atoms with Crippen molar-refractivity contribution in [3.8, 4) is 11.1 Å². The van der Waals surface area contributed by atoms with Crippen LogP contribution in [0.5, 0.6) is 0 Å². The van der Waals surface area contributed by atoms with Gasteiger partial charge in [-0.15, -0.1) is 0 Å². The van der Waals surface area contributed by atoms with E-state index in [0.29, 0.717) is 16.9 Å². The molecule has 0 spiro atoms. The number of H-pyrrole nitrogens is 1. The Morgan fingerprint density at radius 1 is 1.19 bits per heavy atom. The lowest BCUT2D eigenvalue weighted by molar-refractivity contribution is 0.629. The van der Waals surface area contributed by atoms with Gasteiger partial charge in [-0.2, -0.15) is 5.10 Å². The third-order valence-electron chi connectivity index (χ3n) is 3.14. The largest absolute Gasteiger partial charge is 0.384 e. The van der Waals surface area contributed by atoms with Crippen LogP contribution < -0.4 is 5.73 Å². The van der Waals surface area contributed by atoms with E-state index in [1.165, 1.54) is 5.56 Å². The molecule has 3 N–H and O–H groups in total. The Labute approximate surface area is 92.5 Å². The number of aromatic nitrogens is 2. The maximum absolute atomic E-state index is 13.9. The van der Waals surface area contributed by atoms with E-state index < -0.39 is 0 Å². The van der Waals surface area contributed by atoms with E-state index in [1.54, 1.807) is 12.3 Å². The number of nitrogens with one attached hydrogen (secondary N) is 1. The van der Waals surface area contributed by atoms with Crippen LogP contribution in [-0.2, 0) is 12.8 Å². The number of fused-ring (bicyclic) bond motifs is 1. The molecule has 0 unspecified atom stereocenters. The lowest BCUT2D eigenvalue weighted by atomic mass is 10.0. The molecule has 82 valence electrons. The van der Waals surface area contributed by atoms with E-state index in [2.05, 4.69) is 10.2 Å². The maximum atomic E-state index is 13.9. The van der Waals surface area contributed by atoms with Gasteiger partial charge in [0.15, 0.2) is 0 Å². The highest BCUT2D eigenvalue weighted by atomic mass is 19.1. The molecule has 3 nitrogen and oxygen atoms in total. The highest BCUT2D eigenvalue weighted by Crippen LogP contribution is 2.32. The van der Waals surface area contributed by atoms with Crippen molar-refractivity contribution in [2.24, 2.45) is 0 Å². The fourth-order valence-corrected chi connectivity index (χ4v) is 2.31. The van der Waals surface area contributed by atoms with Gasteiger partial charge in [-0.25, -0.2) is 4.39 Å². The summed E-state index contributed by atoms with van der Waals surface area (Å²) < 4.78 is 13.9. The van der Waals surface area contributed by atoms with Gasteiger partial charge in [-0.3, -0.25) is 5.10 Å². The van der Waals surface area contributed by atoms with Crippen molar-refractivity contribution < 1.29 is 4.39 Å². The summed E-state index contributed by atoms with van der Waals surface area (Å²) in [4.78, 5) is 0. The first kappa shape index (κ1) is 9.39. The summed E-state index contributed by atoms with van der Waals surface area (Å²) >= 11 is 0. The molecule has 0 bridgehead atoms. The van der Waals surface area contributed by atoms with Crippen molar-refractivity contribution in [1.29, 1.82) is 0 Å². The molecule has 1 aliphatic carbocycles. The number of nitrogens with two attached hydrogens (primary N) is 1. The zero-order chi connectivity index (χ0) is 11.1. The number of benzene rings is 1. The molecule has 0 aliphatic heterocycles. The quantitative estimate of drug-likeness (QED) is 0.770. The molecule has 4 heteroatoms. The smallest absolute Gasteiger partial charge is 0.131 e. The average Bonchev–Trinajstić information content (AvgIpc) is 2.85. The first-order chi connectivity index (χ1) is 7.75. The van der Waals surface area contributed by atoms with Gasteiger partial charge in [-0.1, -0.05) is 0 Å². The standard InChI is InChI=1S/C12H12FN3/c13-11-5-8-3-1-2-7(8)4-9(11)10-6-15-16-12(10)14/h4-6H,1-3H2,(H3,14,15,16). The first-order valence-electron chi connectivity index (χ1n) is 5.36. The van der Waals surface area contributed by atoms with Crippen molar-refractivity contribution in [2.45, 2.75) is 19.3 Å². The summed E-state index contributed by atoms with van der Waals surface area (Å²) in [6, 6.07) is 3.53. The van der Waals surface area contributed by atoms with Crippen LogP contribution in [0.2, 0.25) is 0 Å². The zero-order valence-electron chi connectivity index (χ0n) is 8.76. The molecule has 0 radical (unpaired) electrons. The number of anilines is 1. The molecule has 2 aromatic rings. The van der Waals surface area contributed by atoms with E-state index in [9.17, 15) is 4.39 Å². The summed E-state index contributed by atoms with van der Waals surface area (Å²) in [5, 5.41) is 6.44. The fraction of sp³-hybridized carbons (Fsp3) is 0.250. The molecule has 0 atom stereocenters. The highest BCUT2D eigenvalue weighted by Gasteiger charge is 2.17. The van der Waals surface area contributed by atoms with Crippen LogP contribution in [0.15, 0.2) is 18.3 Å². The molecule has 16 heavy (non-hydrogen) atoms. The molecular formula is C12H12FN3. The Kier molecular flexibility index (Phi) is 1.96. The van der Waals surface area contributed by atoms with E-state index in [0.717, 1.165) is 24.8 Å². The van der Waals surface area contributed by atoms with Crippen LogP contribution in [0.4, 0.5) is 10.2 Å². The molecule has 0 saturated heterocycles. The number of hydrogen-bond donors (Lipinski definition) is 2. The Bertz CT molecular complexity index is 545. The molecule has 3 rings (SSSR count). The molecule has 0 amide bonds. The molecule has 0 fully saturated rings. The number of hydrogen-bond acceptors (Lipinski definition) is 2. The van der Waals surface area contributed by atoms with Gasteiger partial charge in [0.1, 0.15) is 11.6 Å². The summed E-state index contributed by atoms with van der Waals surface area (Å²) in [6.07, 6.45) is 4.68. The van der Waals surface area contributed by atoms with Crippen LogP contribution in [0, 0.1) is 5.82 Å². The summed E-state index contributed by atoms with van der Waals surface area (Å²) in [7, 11) is 0. The van der Waals surface area contributed by atoms with E-state index >= 15 is 0 Å². The number of aromatic amines is 1. The van der Waals surface area contributed by atoms with Crippen LogP contribution in [-0.4, -0.2) is 10.2 Å². The summed E-state index contributed by atoms with van der Waals surface area (Å²) in [5.74, 6) is 0.200. The number of aryl methyl sites for hydroxylation is 2. The van der Waals surface area contributed by atoms with Gasteiger partial charge < -0.3 is 5.73 Å². The molecular weight excluding hydrogens is 205 g/mol. The van der Waals surface area contributed by atoms with Crippen molar-refractivity contribution in [3.05, 3.63) is 35.3 Å². The monoisotopic (exact) mass is 217 g/mol. The Balaban J connectivity index is 2.18. The number of halogens is 1. The fourth-order valence-electron chi connectivity index (χ4n) is 2.31. The van der Waals surface area contributed by atoms with Crippen LogP contribution in [0.3, 0.4) is 0 Å². The minimum absolute atomic E-state index is 0.214. The van der Waals surface area contributed by atoms with E-state index in [1.807, 2.05) is 6.07 Å². The molecule has 1 heterocycles. The molecule has 1 aromatic heterocycles. The SMILES string of the molecule is Nc1[nH]ncc1-c1cc2c(cc1F)CCC2. The predicted octanol–water partition coefficient (Wildman–Crippen LogP) is 2.29. The second kappa shape index (κ2) is 3.33. The Morgan fingerprint density at radius 2 is 1.94 bits per heavy atom. The second-order valence-corrected chi connectivity index (χ2v) is 4.15. The minimum Gasteiger partial charge on any atom is -0.384 e. The predicted molar refractivity (Wildman–Crippen MR) is 60.4 cm³/mol. The number of nitrogens with zero attached hydrogens (tertiary/aromatic N) is 1. The minimum atomic E-state index is -0.214. The Hall–Kier alpha value is -1.84.